The van der Waals surface area contributed by atoms with Crippen LogP contribution in [0.2, 0.25) is 0 Å². The van der Waals surface area contributed by atoms with Gasteiger partial charge in [-0.15, -0.1) is 0 Å². The maximum atomic E-state index is 2.29. The Morgan fingerprint density at radius 1 is 0.727 bits per heavy atom. The highest BCUT2D eigenvalue weighted by Gasteiger charge is 2.03. The summed E-state index contributed by atoms with van der Waals surface area (Å²) in [6.45, 7) is 6.87. The number of rotatable bonds is 6. The van der Waals surface area contributed by atoms with Crippen molar-refractivity contribution in [2.45, 2.75) is 59.3 Å². The molecule has 1 heteroatoms. The zero-order valence-corrected chi connectivity index (χ0v) is 8.53. The lowest BCUT2D eigenvalue weighted by Gasteiger charge is -2.12. The molecular weight excluding hydrogens is 134 g/mol. The van der Waals surface area contributed by atoms with Crippen molar-refractivity contribution in [1.29, 1.82) is 0 Å². The molecule has 0 unspecified atom stereocenters. The summed E-state index contributed by atoms with van der Waals surface area (Å²) >= 11 is 0. The quantitative estimate of drug-likeness (QED) is 0.620. The third-order valence-corrected chi connectivity index (χ3v) is 2.09. The topological polar surface area (TPSA) is 35.0 Å². The lowest BCUT2D eigenvalue weighted by molar-refractivity contribution is 0.407. The lowest BCUT2D eigenvalue weighted by atomic mass is 9.94. The Labute approximate surface area is 72.2 Å². The molecule has 0 bridgehead atoms. The molecule has 0 radical (unpaired) electrons. The first-order valence-corrected chi connectivity index (χ1v) is 4.85. The molecule has 0 saturated heterocycles. The Morgan fingerprint density at radius 3 is 1.18 bits per heavy atom. The van der Waals surface area contributed by atoms with Gasteiger partial charge in [-0.25, -0.2) is 0 Å². The van der Waals surface area contributed by atoms with Crippen LogP contribution in [0.4, 0.5) is 0 Å². The van der Waals surface area contributed by atoms with E-state index in [9.17, 15) is 0 Å². The fourth-order valence-corrected chi connectivity index (χ4v) is 1.66. The molecule has 0 fully saturated rings. The fourth-order valence-electron chi connectivity index (χ4n) is 1.66. The van der Waals surface area contributed by atoms with Gasteiger partial charge >= 0.3 is 0 Å². The van der Waals surface area contributed by atoms with Gasteiger partial charge in [-0.3, -0.25) is 0 Å². The predicted molar refractivity (Wildman–Crippen MR) is 53.2 cm³/mol. The molecule has 70 valence electrons. The molecule has 0 aliphatic heterocycles. The van der Waals surface area contributed by atoms with E-state index in [0.29, 0.717) is 0 Å². The third kappa shape index (κ3) is 7.86. The van der Waals surface area contributed by atoms with E-state index < -0.39 is 0 Å². The van der Waals surface area contributed by atoms with E-state index in [-0.39, 0.29) is 6.15 Å². The Bertz CT molecular complexity index is 47.6. The van der Waals surface area contributed by atoms with Gasteiger partial charge in [-0.2, -0.15) is 0 Å². The summed E-state index contributed by atoms with van der Waals surface area (Å²) in [7, 11) is 0. The first-order chi connectivity index (χ1) is 4.85. The second kappa shape index (κ2) is 9.96. The van der Waals surface area contributed by atoms with Crippen molar-refractivity contribution in [3.8, 4) is 0 Å². The molecule has 0 spiro atoms. The zero-order valence-electron chi connectivity index (χ0n) is 8.53. The van der Waals surface area contributed by atoms with Gasteiger partial charge in [-0.1, -0.05) is 59.3 Å². The van der Waals surface area contributed by atoms with Crippen molar-refractivity contribution in [2.75, 3.05) is 0 Å². The van der Waals surface area contributed by atoms with Gasteiger partial charge in [-0.05, 0) is 5.92 Å². The van der Waals surface area contributed by atoms with Gasteiger partial charge in [0.15, 0.2) is 0 Å². The maximum absolute atomic E-state index is 2.29. The van der Waals surface area contributed by atoms with Crippen molar-refractivity contribution < 1.29 is 0 Å². The van der Waals surface area contributed by atoms with E-state index in [2.05, 4.69) is 20.8 Å². The van der Waals surface area contributed by atoms with Gasteiger partial charge in [0.25, 0.3) is 0 Å². The zero-order chi connectivity index (χ0) is 7.82. The largest absolute Gasteiger partial charge is 0.344 e. The van der Waals surface area contributed by atoms with Crippen molar-refractivity contribution in [3.63, 3.8) is 0 Å². The summed E-state index contributed by atoms with van der Waals surface area (Å²) in [6, 6.07) is 0. The maximum Gasteiger partial charge on any atom is -0.0415 e. The first kappa shape index (κ1) is 13.5. The van der Waals surface area contributed by atoms with Crippen LogP contribution in [0.15, 0.2) is 0 Å². The van der Waals surface area contributed by atoms with Gasteiger partial charge in [0.1, 0.15) is 0 Å². The van der Waals surface area contributed by atoms with Crippen LogP contribution in [0, 0.1) is 5.92 Å². The molecule has 0 atom stereocenters. The average Bonchev–Trinajstić information content (AvgIpc) is 1.90. The SMILES string of the molecule is CCCC(CCC)CCC.N. The summed E-state index contributed by atoms with van der Waals surface area (Å²) in [5, 5.41) is 0. The summed E-state index contributed by atoms with van der Waals surface area (Å²) in [6.07, 6.45) is 8.44. The summed E-state index contributed by atoms with van der Waals surface area (Å²) < 4.78 is 0. The molecule has 3 N–H and O–H groups in total. The summed E-state index contributed by atoms with van der Waals surface area (Å²) in [5.74, 6) is 1.03. The fraction of sp³-hybridized carbons (Fsp3) is 1.00. The second-order valence-corrected chi connectivity index (χ2v) is 3.23. The van der Waals surface area contributed by atoms with Crippen LogP contribution in [0.3, 0.4) is 0 Å². The van der Waals surface area contributed by atoms with Gasteiger partial charge in [0, 0.05) is 0 Å². The number of hydrogen-bond acceptors (Lipinski definition) is 1. The highest BCUT2D eigenvalue weighted by atomic mass is 14.1. The van der Waals surface area contributed by atoms with E-state index in [4.69, 9.17) is 0 Å². The molecule has 0 aromatic rings. The lowest BCUT2D eigenvalue weighted by Crippen LogP contribution is -1.98. The van der Waals surface area contributed by atoms with E-state index in [1.807, 2.05) is 0 Å². The molecule has 0 heterocycles. The van der Waals surface area contributed by atoms with Crippen molar-refractivity contribution in [1.82, 2.24) is 6.15 Å². The van der Waals surface area contributed by atoms with Crippen LogP contribution < -0.4 is 6.15 Å². The Kier molecular flexibility index (Phi) is 12.3. The van der Waals surface area contributed by atoms with E-state index in [0.717, 1.165) is 5.92 Å². The van der Waals surface area contributed by atoms with Gasteiger partial charge in [0.2, 0.25) is 0 Å². The summed E-state index contributed by atoms with van der Waals surface area (Å²) in [4.78, 5) is 0. The van der Waals surface area contributed by atoms with Crippen LogP contribution in [0.1, 0.15) is 59.3 Å². The molecule has 0 rings (SSSR count). The minimum Gasteiger partial charge on any atom is -0.344 e. The molecule has 0 aromatic carbocycles. The predicted octanol–water partition coefficient (Wildman–Crippen LogP) is 4.16. The molecule has 0 amide bonds. The van der Waals surface area contributed by atoms with Crippen molar-refractivity contribution >= 4 is 0 Å². The minimum absolute atomic E-state index is 0. The monoisotopic (exact) mass is 159 g/mol. The number of hydrogen-bond donors (Lipinski definition) is 1. The Hall–Kier alpha value is -0.0400. The van der Waals surface area contributed by atoms with Gasteiger partial charge in [0.05, 0.1) is 0 Å². The van der Waals surface area contributed by atoms with Gasteiger partial charge < -0.3 is 6.15 Å². The van der Waals surface area contributed by atoms with E-state index >= 15 is 0 Å². The van der Waals surface area contributed by atoms with Crippen LogP contribution in [0.5, 0.6) is 0 Å². The van der Waals surface area contributed by atoms with Crippen LogP contribution in [-0.4, -0.2) is 0 Å². The average molecular weight is 159 g/mol. The molecule has 0 aliphatic rings. The standard InChI is InChI=1S/C10H22.H3N/c1-4-7-10(8-5-2)9-6-3;/h10H,4-9H2,1-3H3;1H3. The molecule has 0 aliphatic carbocycles. The van der Waals surface area contributed by atoms with Crippen LogP contribution in [-0.2, 0) is 0 Å². The van der Waals surface area contributed by atoms with Crippen LogP contribution in [0.25, 0.3) is 0 Å². The molecule has 0 saturated carbocycles. The van der Waals surface area contributed by atoms with Crippen molar-refractivity contribution in [2.24, 2.45) is 5.92 Å². The third-order valence-electron chi connectivity index (χ3n) is 2.09. The molecule has 11 heavy (non-hydrogen) atoms. The summed E-state index contributed by atoms with van der Waals surface area (Å²) in [5.41, 5.74) is 0. The molecular formula is C10H25N. The normalized spacial score (nSPS) is 9.82. The highest BCUT2D eigenvalue weighted by molar-refractivity contribution is 4.56. The second-order valence-electron chi connectivity index (χ2n) is 3.23. The molecule has 0 aromatic heterocycles. The Balaban J connectivity index is 0. The van der Waals surface area contributed by atoms with E-state index in [1.165, 1.54) is 38.5 Å². The minimum atomic E-state index is 0. The Morgan fingerprint density at radius 2 is 1.00 bits per heavy atom. The van der Waals surface area contributed by atoms with Crippen LogP contribution >= 0.6 is 0 Å². The smallest absolute Gasteiger partial charge is 0.0415 e. The first-order valence-electron chi connectivity index (χ1n) is 4.85. The van der Waals surface area contributed by atoms with E-state index in [1.54, 1.807) is 0 Å². The highest BCUT2D eigenvalue weighted by Crippen LogP contribution is 2.18. The van der Waals surface area contributed by atoms with Crippen molar-refractivity contribution in [3.05, 3.63) is 0 Å². The molecule has 1 nitrogen and oxygen atoms in total.